The van der Waals surface area contributed by atoms with Gasteiger partial charge >= 0.3 is 5.97 Å². The summed E-state index contributed by atoms with van der Waals surface area (Å²) in [7, 11) is 1.38. The van der Waals surface area contributed by atoms with E-state index < -0.39 is 0 Å². The van der Waals surface area contributed by atoms with Crippen molar-refractivity contribution < 1.29 is 19.0 Å². The van der Waals surface area contributed by atoms with E-state index in [-0.39, 0.29) is 5.97 Å². The van der Waals surface area contributed by atoms with Crippen LogP contribution in [0.15, 0.2) is 4.47 Å². The Hall–Kier alpha value is -1.23. The maximum absolute atomic E-state index is 11.9. The normalized spacial score (nSPS) is 15.9. The Kier molecular flexibility index (Phi) is 2.50. The lowest BCUT2D eigenvalue weighted by Gasteiger charge is -2.12. The zero-order valence-electron chi connectivity index (χ0n) is 9.34. The molecule has 3 rings (SSSR count). The van der Waals surface area contributed by atoms with E-state index >= 15 is 0 Å². The summed E-state index contributed by atoms with van der Waals surface area (Å²) in [4.78, 5) is 11.9. The van der Waals surface area contributed by atoms with E-state index in [1.165, 1.54) is 7.11 Å². The highest BCUT2D eigenvalue weighted by molar-refractivity contribution is 9.10. The molecule has 1 aromatic rings. The molecule has 0 fully saturated rings. The van der Waals surface area contributed by atoms with Crippen LogP contribution >= 0.6 is 15.9 Å². The molecule has 5 heteroatoms. The van der Waals surface area contributed by atoms with Crippen LogP contribution in [0.1, 0.15) is 21.5 Å². The Balaban J connectivity index is 2.30. The molecule has 0 aliphatic carbocycles. The molecule has 4 nitrogen and oxygen atoms in total. The molecule has 0 radical (unpaired) electrons. The summed E-state index contributed by atoms with van der Waals surface area (Å²) in [6.45, 7) is 1.20. The van der Waals surface area contributed by atoms with Gasteiger partial charge < -0.3 is 14.2 Å². The average Bonchev–Trinajstić information content (AvgIpc) is 2.96. The van der Waals surface area contributed by atoms with Crippen molar-refractivity contribution in [1.82, 2.24) is 0 Å². The van der Waals surface area contributed by atoms with Gasteiger partial charge in [0.25, 0.3) is 0 Å². The van der Waals surface area contributed by atoms with Gasteiger partial charge in [-0.1, -0.05) is 0 Å². The molecule has 2 heterocycles. The number of carbonyl (C=O) groups is 1. The molecule has 0 aromatic heterocycles. The molecule has 0 N–H and O–H groups in total. The van der Waals surface area contributed by atoms with Crippen molar-refractivity contribution in [2.24, 2.45) is 0 Å². The predicted octanol–water partition coefficient (Wildman–Crippen LogP) is 2.11. The Labute approximate surface area is 107 Å². The number of hydrogen-bond donors (Lipinski definition) is 0. The lowest BCUT2D eigenvalue weighted by Crippen LogP contribution is -2.07. The van der Waals surface area contributed by atoms with Crippen LogP contribution in [0.4, 0.5) is 0 Å². The second-order valence-electron chi connectivity index (χ2n) is 3.99. The molecular weight excluding hydrogens is 288 g/mol. The van der Waals surface area contributed by atoms with Gasteiger partial charge in [0.2, 0.25) is 0 Å². The fourth-order valence-corrected chi connectivity index (χ4v) is 3.10. The van der Waals surface area contributed by atoms with Crippen molar-refractivity contribution in [3.8, 4) is 11.5 Å². The van der Waals surface area contributed by atoms with Gasteiger partial charge in [-0.25, -0.2) is 4.79 Å². The second kappa shape index (κ2) is 3.91. The quantitative estimate of drug-likeness (QED) is 0.745. The molecule has 90 valence electrons. The summed E-state index contributed by atoms with van der Waals surface area (Å²) >= 11 is 3.53. The van der Waals surface area contributed by atoms with Crippen LogP contribution in [0.25, 0.3) is 0 Å². The van der Waals surface area contributed by atoms with Gasteiger partial charge in [0.1, 0.15) is 17.1 Å². The molecule has 2 aliphatic heterocycles. The first-order chi connectivity index (χ1) is 8.24. The van der Waals surface area contributed by atoms with Crippen molar-refractivity contribution in [2.75, 3.05) is 20.3 Å². The zero-order valence-corrected chi connectivity index (χ0v) is 10.9. The number of fused-ring (bicyclic) bond motifs is 2. The van der Waals surface area contributed by atoms with Crippen molar-refractivity contribution >= 4 is 21.9 Å². The third-order valence-corrected chi connectivity index (χ3v) is 3.97. The molecule has 17 heavy (non-hydrogen) atoms. The number of ether oxygens (including phenoxy) is 3. The molecule has 0 spiro atoms. The fraction of sp³-hybridized carbons (Fsp3) is 0.417. The third-order valence-electron chi connectivity index (χ3n) is 3.13. The number of hydrogen-bond acceptors (Lipinski definition) is 4. The highest BCUT2D eigenvalue weighted by atomic mass is 79.9. The van der Waals surface area contributed by atoms with Gasteiger partial charge in [0.05, 0.1) is 24.8 Å². The molecular formula is C12H11BrO4. The summed E-state index contributed by atoms with van der Waals surface area (Å²) in [6, 6.07) is 0. The van der Waals surface area contributed by atoms with E-state index in [1.54, 1.807) is 0 Å². The van der Waals surface area contributed by atoms with Crippen LogP contribution in [0, 0.1) is 0 Å². The maximum Gasteiger partial charge on any atom is 0.342 e. The Morgan fingerprint density at radius 1 is 1.18 bits per heavy atom. The minimum atomic E-state index is -0.350. The third kappa shape index (κ3) is 1.45. The predicted molar refractivity (Wildman–Crippen MR) is 63.9 cm³/mol. The van der Waals surface area contributed by atoms with Crippen molar-refractivity contribution in [3.05, 3.63) is 21.2 Å². The number of rotatable bonds is 1. The first kappa shape index (κ1) is 10.9. The number of benzene rings is 1. The summed E-state index contributed by atoms with van der Waals surface area (Å²) in [5.74, 6) is 1.08. The van der Waals surface area contributed by atoms with E-state index in [9.17, 15) is 4.79 Å². The number of esters is 1. The van der Waals surface area contributed by atoms with Gasteiger partial charge in [-0.3, -0.25) is 0 Å². The van der Waals surface area contributed by atoms with Crippen molar-refractivity contribution in [3.63, 3.8) is 0 Å². The number of carbonyl (C=O) groups excluding carboxylic acids is 1. The summed E-state index contributed by atoms with van der Waals surface area (Å²) in [5, 5.41) is 0. The summed E-state index contributed by atoms with van der Waals surface area (Å²) in [5.41, 5.74) is 2.44. The van der Waals surface area contributed by atoms with Crippen molar-refractivity contribution in [2.45, 2.75) is 12.8 Å². The largest absolute Gasteiger partial charge is 0.492 e. The van der Waals surface area contributed by atoms with Crippen LogP contribution < -0.4 is 9.47 Å². The molecule has 0 saturated carbocycles. The minimum absolute atomic E-state index is 0.350. The molecule has 0 amide bonds. The Bertz CT molecular complexity index is 475. The molecule has 0 bridgehead atoms. The minimum Gasteiger partial charge on any atom is -0.492 e. The second-order valence-corrected chi connectivity index (χ2v) is 4.79. The Morgan fingerprint density at radius 3 is 2.53 bits per heavy atom. The van der Waals surface area contributed by atoms with E-state index in [0.717, 1.165) is 34.2 Å². The van der Waals surface area contributed by atoms with Crippen LogP contribution in [0.2, 0.25) is 0 Å². The van der Waals surface area contributed by atoms with E-state index in [4.69, 9.17) is 14.2 Å². The number of methoxy groups -OCH3 is 1. The first-order valence-electron chi connectivity index (χ1n) is 5.45. The van der Waals surface area contributed by atoms with Gasteiger partial charge in [-0.2, -0.15) is 0 Å². The first-order valence-corrected chi connectivity index (χ1v) is 6.24. The molecule has 2 aliphatic rings. The molecule has 0 saturated heterocycles. The van der Waals surface area contributed by atoms with E-state index in [2.05, 4.69) is 15.9 Å². The van der Waals surface area contributed by atoms with E-state index in [0.29, 0.717) is 24.5 Å². The van der Waals surface area contributed by atoms with Crippen LogP contribution in [0.5, 0.6) is 11.5 Å². The van der Waals surface area contributed by atoms with E-state index in [1.807, 2.05) is 0 Å². The average molecular weight is 299 g/mol. The number of halogens is 1. The van der Waals surface area contributed by atoms with Gasteiger partial charge in [-0.05, 0) is 15.9 Å². The smallest absolute Gasteiger partial charge is 0.342 e. The Morgan fingerprint density at radius 2 is 1.82 bits per heavy atom. The van der Waals surface area contributed by atoms with Gasteiger partial charge in [0, 0.05) is 24.0 Å². The highest BCUT2D eigenvalue weighted by Crippen LogP contribution is 2.47. The van der Waals surface area contributed by atoms with Gasteiger partial charge in [-0.15, -0.1) is 0 Å². The topological polar surface area (TPSA) is 44.8 Å². The fourth-order valence-electron chi connectivity index (χ4n) is 2.37. The standard InChI is InChI=1S/C12H11BrO4/c1-15-12(14)8-6-2-4-17-11(6)9(13)7-3-5-16-10(7)8/h2-5H2,1H3. The SMILES string of the molecule is COC(=O)c1c2c(c(Br)c3c1OCC3)OCC2. The van der Waals surface area contributed by atoms with Crippen LogP contribution in [-0.2, 0) is 17.6 Å². The molecule has 1 aromatic carbocycles. The highest BCUT2D eigenvalue weighted by Gasteiger charge is 2.33. The van der Waals surface area contributed by atoms with Gasteiger partial charge in [0.15, 0.2) is 0 Å². The monoisotopic (exact) mass is 298 g/mol. The molecule has 0 atom stereocenters. The summed E-state index contributed by atoms with van der Waals surface area (Å²) in [6.07, 6.45) is 1.51. The molecule has 0 unspecified atom stereocenters. The summed E-state index contributed by atoms with van der Waals surface area (Å²) < 4.78 is 16.9. The van der Waals surface area contributed by atoms with Crippen LogP contribution in [-0.4, -0.2) is 26.3 Å². The van der Waals surface area contributed by atoms with Crippen molar-refractivity contribution in [1.29, 1.82) is 0 Å². The lowest BCUT2D eigenvalue weighted by atomic mass is 9.99. The van der Waals surface area contributed by atoms with Crippen LogP contribution in [0.3, 0.4) is 0 Å². The lowest BCUT2D eigenvalue weighted by molar-refractivity contribution is 0.0596. The zero-order chi connectivity index (χ0) is 12.0. The maximum atomic E-state index is 11.9.